The van der Waals surface area contributed by atoms with E-state index in [1.807, 2.05) is 0 Å². The second kappa shape index (κ2) is 3.21. The van der Waals surface area contributed by atoms with E-state index >= 15 is 0 Å². The van der Waals surface area contributed by atoms with Gasteiger partial charge in [-0.2, -0.15) is 0 Å². The van der Waals surface area contributed by atoms with E-state index in [4.69, 9.17) is 8.83 Å². The fraction of sp³-hybridized carbons (Fsp3) is 0.0833. The van der Waals surface area contributed by atoms with Gasteiger partial charge in [-0.3, -0.25) is 0 Å². The van der Waals surface area contributed by atoms with Gasteiger partial charge in [0.15, 0.2) is 0 Å². The fourth-order valence-electron chi connectivity index (χ4n) is 1.89. The van der Waals surface area contributed by atoms with Crippen molar-refractivity contribution in [3.05, 3.63) is 46.5 Å². The van der Waals surface area contributed by atoms with Crippen molar-refractivity contribution < 1.29 is 13.9 Å². The molecule has 1 radical (unpaired) electrons. The molecule has 0 atom stereocenters. The predicted octanol–water partition coefficient (Wildman–Crippen LogP) is 2.47. The molecule has 0 saturated heterocycles. The molecule has 0 unspecified atom stereocenters. The van der Waals surface area contributed by atoms with Crippen molar-refractivity contribution in [2.75, 3.05) is 0 Å². The summed E-state index contributed by atoms with van der Waals surface area (Å²) in [5, 5.41) is 12.6. The standard InChI is InChI=1S/C12H7O4/c13-6-9-7-1-2-12(14)16-11(7)5-10-8(9)3-4-15-10/h1-5H,6H2. The predicted molar refractivity (Wildman–Crippen MR) is 56.6 cm³/mol. The molecule has 0 aliphatic rings. The normalized spacial score (nSPS) is 11.3. The molecule has 79 valence electrons. The molecule has 0 amide bonds. The SMILES string of the molecule is [O]Cc1c2ccoc2cc2oc(=O)ccc12. The highest BCUT2D eigenvalue weighted by molar-refractivity contribution is 5.97. The van der Waals surface area contributed by atoms with Crippen LogP contribution in [0.5, 0.6) is 0 Å². The molecule has 0 bridgehead atoms. The average Bonchev–Trinajstić information content (AvgIpc) is 2.73. The molecule has 2 aromatic heterocycles. The second-order valence-electron chi connectivity index (χ2n) is 3.50. The third-order valence-corrected chi connectivity index (χ3v) is 2.61. The summed E-state index contributed by atoms with van der Waals surface area (Å²) in [6.45, 7) is -0.374. The molecular formula is C12H7O4. The first-order valence-corrected chi connectivity index (χ1v) is 4.80. The van der Waals surface area contributed by atoms with Crippen LogP contribution in [0.1, 0.15) is 5.56 Å². The Morgan fingerprint density at radius 3 is 2.69 bits per heavy atom. The van der Waals surface area contributed by atoms with Gasteiger partial charge in [0.2, 0.25) is 0 Å². The van der Waals surface area contributed by atoms with E-state index in [-0.39, 0.29) is 6.61 Å². The van der Waals surface area contributed by atoms with Gasteiger partial charge in [-0.1, -0.05) is 0 Å². The first-order valence-electron chi connectivity index (χ1n) is 4.80. The average molecular weight is 215 g/mol. The van der Waals surface area contributed by atoms with E-state index in [0.717, 1.165) is 5.39 Å². The van der Waals surface area contributed by atoms with Crippen LogP contribution in [0.25, 0.3) is 21.9 Å². The lowest BCUT2D eigenvalue weighted by Gasteiger charge is -2.02. The lowest BCUT2D eigenvalue weighted by Crippen LogP contribution is -1.96. The van der Waals surface area contributed by atoms with Gasteiger partial charge in [0, 0.05) is 28.5 Å². The molecule has 3 rings (SSSR count). The molecule has 0 saturated carbocycles. The summed E-state index contributed by atoms with van der Waals surface area (Å²) < 4.78 is 10.2. The van der Waals surface area contributed by atoms with E-state index in [9.17, 15) is 9.90 Å². The Morgan fingerprint density at radius 1 is 1.06 bits per heavy atom. The van der Waals surface area contributed by atoms with Crippen LogP contribution in [-0.2, 0) is 11.7 Å². The number of fused-ring (bicyclic) bond motifs is 2. The third kappa shape index (κ3) is 1.17. The van der Waals surface area contributed by atoms with E-state index in [2.05, 4.69) is 0 Å². The van der Waals surface area contributed by atoms with E-state index in [0.29, 0.717) is 22.1 Å². The lowest BCUT2D eigenvalue weighted by atomic mass is 10.1. The minimum atomic E-state index is -0.435. The van der Waals surface area contributed by atoms with Crippen LogP contribution in [0.4, 0.5) is 0 Å². The van der Waals surface area contributed by atoms with Crippen LogP contribution in [0.15, 0.2) is 44.2 Å². The first kappa shape index (κ1) is 9.18. The summed E-state index contributed by atoms with van der Waals surface area (Å²) in [6.07, 6.45) is 1.51. The molecule has 0 spiro atoms. The van der Waals surface area contributed by atoms with Gasteiger partial charge in [0.25, 0.3) is 0 Å². The zero-order chi connectivity index (χ0) is 11.1. The van der Waals surface area contributed by atoms with Crippen molar-refractivity contribution in [2.24, 2.45) is 0 Å². The number of benzene rings is 1. The van der Waals surface area contributed by atoms with Gasteiger partial charge in [-0.25, -0.2) is 9.90 Å². The zero-order valence-electron chi connectivity index (χ0n) is 8.23. The maximum atomic E-state index is 11.2. The lowest BCUT2D eigenvalue weighted by molar-refractivity contribution is 0.180. The van der Waals surface area contributed by atoms with Crippen LogP contribution in [-0.4, -0.2) is 0 Å². The van der Waals surface area contributed by atoms with Crippen LogP contribution in [0.2, 0.25) is 0 Å². The monoisotopic (exact) mass is 215 g/mol. The van der Waals surface area contributed by atoms with Gasteiger partial charge in [-0.05, 0) is 12.1 Å². The van der Waals surface area contributed by atoms with Crippen LogP contribution in [0, 0.1) is 0 Å². The Labute approximate surface area is 89.7 Å². The first-order chi connectivity index (χ1) is 7.79. The molecule has 0 aliphatic carbocycles. The van der Waals surface area contributed by atoms with E-state index in [1.54, 1.807) is 18.2 Å². The molecule has 1 aromatic carbocycles. The highest BCUT2D eigenvalue weighted by Gasteiger charge is 2.10. The van der Waals surface area contributed by atoms with Crippen LogP contribution in [0.3, 0.4) is 0 Å². The summed E-state index contributed by atoms with van der Waals surface area (Å²) in [5.74, 6) is 0. The fourth-order valence-corrected chi connectivity index (χ4v) is 1.89. The molecule has 0 fully saturated rings. The number of rotatable bonds is 1. The molecule has 4 nitrogen and oxygen atoms in total. The van der Waals surface area contributed by atoms with Crippen molar-refractivity contribution in [3.63, 3.8) is 0 Å². The molecular weight excluding hydrogens is 208 g/mol. The minimum absolute atomic E-state index is 0.374. The summed E-state index contributed by atoms with van der Waals surface area (Å²) in [4.78, 5) is 11.1. The van der Waals surface area contributed by atoms with E-state index < -0.39 is 5.63 Å². The number of furan rings is 1. The van der Waals surface area contributed by atoms with Crippen molar-refractivity contribution in [2.45, 2.75) is 6.61 Å². The Balaban J connectivity index is 2.58. The summed E-state index contributed by atoms with van der Waals surface area (Å²) >= 11 is 0. The summed E-state index contributed by atoms with van der Waals surface area (Å²) in [7, 11) is 0. The smallest absolute Gasteiger partial charge is 0.336 e. The Kier molecular flexibility index (Phi) is 1.84. The quantitative estimate of drug-likeness (QED) is 0.585. The van der Waals surface area contributed by atoms with E-state index in [1.165, 1.54) is 12.3 Å². The van der Waals surface area contributed by atoms with Crippen molar-refractivity contribution in [3.8, 4) is 0 Å². The highest BCUT2D eigenvalue weighted by atomic mass is 16.4. The van der Waals surface area contributed by atoms with Gasteiger partial charge >= 0.3 is 5.63 Å². The van der Waals surface area contributed by atoms with Crippen LogP contribution >= 0.6 is 0 Å². The minimum Gasteiger partial charge on any atom is -0.464 e. The molecule has 0 N–H and O–H groups in total. The second-order valence-corrected chi connectivity index (χ2v) is 3.50. The largest absolute Gasteiger partial charge is 0.464 e. The Hall–Kier alpha value is -2.07. The Bertz CT molecular complexity index is 721. The topological polar surface area (TPSA) is 63.2 Å². The van der Waals surface area contributed by atoms with Gasteiger partial charge in [0.05, 0.1) is 6.26 Å². The molecule has 3 aromatic rings. The summed E-state index contributed by atoms with van der Waals surface area (Å²) in [5.41, 5.74) is 1.12. The molecule has 2 heterocycles. The maximum Gasteiger partial charge on any atom is 0.336 e. The van der Waals surface area contributed by atoms with Crippen LogP contribution < -0.4 is 5.63 Å². The zero-order valence-corrected chi connectivity index (χ0v) is 8.23. The third-order valence-electron chi connectivity index (χ3n) is 2.61. The summed E-state index contributed by atoms with van der Waals surface area (Å²) in [6, 6.07) is 6.30. The number of hydrogen-bond acceptors (Lipinski definition) is 3. The van der Waals surface area contributed by atoms with Gasteiger partial charge in [0.1, 0.15) is 17.8 Å². The van der Waals surface area contributed by atoms with Crippen molar-refractivity contribution >= 4 is 21.9 Å². The van der Waals surface area contributed by atoms with Gasteiger partial charge < -0.3 is 8.83 Å². The maximum absolute atomic E-state index is 11.2. The molecule has 16 heavy (non-hydrogen) atoms. The van der Waals surface area contributed by atoms with Gasteiger partial charge in [-0.15, -0.1) is 0 Å². The Morgan fingerprint density at radius 2 is 1.88 bits per heavy atom. The molecule has 4 heteroatoms. The number of hydrogen-bond donors (Lipinski definition) is 0. The van der Waals surface area contributed by atoms with Crippen molar-refractivity contribution in [1.82, 2.24) is 0 Å². The van der Waals surface area contributed by atoms with Crippen molar-refractivity contribution in [1.29, 1.82) is 0 Å². The molecule has 0 aliphatic heterocycles. The highest BCUT2D eigenvalue weighted by Crippen LogP contribution is 2.28.